The molecule has 0 spiro atoms. The molecule has 1 heterocycles. The van der Waals surface area contributed by atoms with Crippen LogP contribution >= 0.6 is 11.9 Å². The fourth-order valence-corrected chi connectivity index (χ4v) is 1.04. The van der Waals surface area contributed by atoms with Gasteiger partial charge in [-0.3, -0.25) is 9.27 Å². The molecule has 0 N–H and O–H groups in total. The smallest absolute Gasteiger partial charge is 0.0654 e. The van der Waals surface area contributed by atoms with E-state index in [1.165, 1.54) is 5.56 Å². The Morgan fingerprint density at radius 3 is 1.79 bits per heavy atom. The van der Waals surface area contributed by atoms with Crippen LogP contribution in [0.15, 0.2) is 12.1 Å². The average molecular weight is 265 g/mol. The van der Waals surface area contributed by atoms with E-state index in [9.17, 15) is 0 Å². The van der Waals surface area contributed by atoms with E-state index in [-0.39, 0.29) is 17.1 Å². The number of nitrogens with zero attached hydrogens (tertiary/aromatic N) is 1. The van der Waals surface area contributed by atoms with Crippen LogP contribution in [0.25, 0.3) is 0 Å². The SMILES string of the molecule is CCOCl.Cc1cc(C)nc(C)c1.[Cu]. The third-order valence-electron chi connectivity index (χ3n) is 1.33. The van der Waals surface area contributed by atoms with Crippen molar-refractivity contribution in [2.24, 2.45) is 0 Å². The summed E-state index contributed by atoms with van der Waals surface area (Å²) in [4.78, 5) is 4.23. The van der Waals surface area contributed by atoms with Crippen LogP contribution in [0.3, 0.4) is 0 Å². The van der Waals surface area contributed by atoms with Gasteiger partial charge in [0, 0.05) is 28.5 Å². The zero-order chi connectivity index (χ0) is 10.3. The van der Waals surface area contributed by atoms with E-state index in [0.717, 1.165) is 11.4 Å². The summed E-state index contributed by atoms with van der Waals surface area (Å²) in [5, 5.41) is 0. The van der Waals surface area contributed by atoms with Crippen LogP contribution in [0.4, 0.5) is 0 Å². The quantitative estimate of drug-likeness (QED) is 0.727. The standard InChI is InChI=1S/C8H11N.C2H5ClO.Cu/c1-6-4-7(2)9-8(3)5-6;1-2-4-3;/h4-5H,1-3H3;2H2,1H3;. The molecule has 1 aromatic rings. The number of halogens is 1. The molecular formula is C10H16ClCuNO. The normalized spacial score (nSPS) is 8.36. The van der Waals surface area contributed by atoms with E-state index in [4.69, 9.17) is 0 Å². The molecule has 0 aliphatic rings. The molecule has 0 aromatic carbocycles. The third-order valence-corrected chi connectivity index (χ3v) is 1.55. The summed E-state index contributed by atoms with van der Waals surface area (Å²) in [6.07, 6.45) is 0. The number of hydrogen-bond acceptors (Lipinski definition) is 2. The van der Waals surface area contributed by atoms with Crippen molar-refractivity contribution < 1.29 is 21.4 Å². The van der Waals surface area contributed by atoms with Crippen molar-refractivity contribution in [2.75, 3.05) is 6.61 Å². The zero-order valence-corrected chi connectivity index (χ0v) is 10.6. The molecule has 4 heteroatoms. The Hall–Kier alpha value is -0.0805. The van der Waals surface area contributed by atoms with Crippen molar-refractivity contribution in [3.63, 3.8) is 0 Å². The summed E-state index contributed by atoms with van der Waals surface area (Å²) < 4.78 is 4.01. The Labute approximate surface area is 102 Å². The van der Waals surface area contributed by atoms with Crippen LogP contribution in [0, 0.1) is 20.8 Å². The molecule has 0 saturated heterocycles. The Morgan fingerprint density at radius 2 is 1.57 bits per heavy atom. The first kappa shape index (κ1) is 16.4. The molecule has 14 heavy (non-hydrogen) atoms. The van der Waals surface area contributed by atoms with Gasteiger partial charge in [-0.05, 0) is 45.4 Å². The summed E-state index contributed by atoms with van der Waals surface area (Å²) in [5.74, 6) is 0. The number of pyridine rings is 1. The van der Waals surface area contributed by atoms with Crippen molar-refractivity contribution in [3.8, 4) is 0 Å². The average Bonchev–Trinajstić information content (AvgIpc) is 2.02. The second-order valence-corrected chi connectivity index (χ2v) is 3.04. The van der Waals surface area contributed by atoms with Crippen molar-refractivity contribution >= 4 is 11.9 Å². The largest absolute Gasteiger partial charge is 0.280 e. The van der Waals surface area contributed by atoms with Gasteiger partial charge in [0.2, 0.25) is 0 Å². The Kier molecular flexibility index (Phi) is 11.1. The molecule has 1 radical (unpaired) electrons. The van der Waals surface area contributed by atoms with E-state index < -0.39 is 0 Å². The molecule has 1 aromatic heterocycles. The first-order chi connectivity index (χ1) is 6.10. The van der Waals surface area contributed by atoms with Gasteiger partial charge in [-0.15, -0.1) is 0 Å². The van der Waals surface area contributed by atoms with Crippen molar-refractivity contribution in [2.45, 2.75) is 27.7 Å². The fourth-order valence-electron chi connectivity index (χ4n) is 1.04. The van der Waals surface area contributed by atoms with Gasteiger partial charge in [0.25, 0.3) is 0 Å². The number of rotatable bonds is 1. The monoisotopic (exact) mass is 264 g/mol. The van der Waals surface area contributed by atoms with E-state index in [0.29, 0.717) is 6.61 Å². The van der Waals surface area contributed by atoms with E-state index in [2.05, 4.69) is 40.2 Å². The minimum Gasteiger partial charge on any atom is -0.280 e. The number of aryl methyl sites for hydroxylation is 3. The van der Waals surface area contributed by atoms with Crippen LogP contribution in [0.1, 0.15) is 23.9 Å². The van der Waals surface area contributed by atoms with Gasteiger partial charge in [0.05, 0.1) is 18.5 Å². The van der Waals surface area contributed by atoms with Gasteiger partial charge in [-0.25, -0.2) is 0 Å². The molecular weight excluding hydrogens is 249 g/mol. The molecule has 0 saturated carbocycles. The van der Waals surface area contributed by atoms with Gasteiger partial charge >= 0.3 is 0 Å². The molecule has 0 aliphatic heterocycles. The predicted molar refractivity (Wildman–Crippen MR) is 55.9 cm³/mol. The summed E-state index contributed by atoms with van der Waals surface area (Å²) in [6.45, 7) is 8.52. The summed E-state index contributed by atoms with van der Waals surface area (Å²) in [7, 11) is 0. The minimum atomic E-state index is 0. The summed E-state index contributed by atoms with van der Waals surface area (Å²) >= 11 is 4.69. The summed E-state index contributed by atoms with van der Waals surface area (Å²) in [6, 6.07) is 4.15. The molecule has 2 nitrogen and oxygen atoms in total. The van der Waals surface area contributed by atoms with Crippen LogP contribution < -0.4 is 0 Å². The van der Waals surface area contributed by atoms with Crippen molar-refractivity contribution in [3.05, 3.63) is 29.1 Å². The van der Waals surface area contributed by atoms with Crippen molar-refractivity contribution in [1.29, 1.82) is 0 Å². The van der Waals surface area contributed by atoms with Crippen LogP contribution in [0.5, 0.6) is 0 Å². The number of aromatic nitrogens is 1. The van der Waals surface area contributed by atoms with Crippen LogP contribution in [-0.4, -0.2) is 11.6 Å². The van der Waals surface area contributed by atoms with Gasteiger partial charge in [0.15, 0.2) is 0 Å². The van der Waals surface area contributed by atoms with Gasteiger partial charge in [0.1, 0.15) is 0 Å². The topological polar surface area (TPSA) is 22.1 Å². The second-order valence-electron chi connectivity index (χ2n) is 2.83. The predicted octanol–water partition coefficient (Wildman–Crippen LogP) is 3.18. The molecule has 0 aliphatic carbocycles. The first-order valence-corrected chi connectivity index (χ1v) is 4.56. The third kappa shape index (κ3) is 8.51. The Bertz CT molecular complexity index is 203. The van der Waals surface area contributed by atoms with E-state index in [1.807, 2.05) is 20.8 Å². The first-order valence-electron chi connectivity index (χ1n) is 4.25. The van der Waals surface area contributed by atoms with Gasteiger partial charge in [-0.1, -0.05) is 0 Å². The molecule has 85 valence electrons. The fraction of sp³-hybridized carbons (Fsp3) is 0.500. The van der Waals surface area contributed by atoms with Gasteiger partial charge in [-0.2, -0.15) is 0 Å². The molecule has 1 rings (SSSR count). The van der Waals surface area contributed by atoms with Crippen molar-refractivity contribution in [1.82, 2.24) is 4.98 Å². The maximum absolute atomic E-state index is 4.69. The second kappa shape index (κ2) is 9.47. The maximum Gasteiger partial charge on any atom is 0.0654 e. The number of hydrogen-bond donors (Lipinski definition) is 0. The van der Waals surface area contributed by atoms with Crippen LogP contribution in [-0.2, 0) is 21.4 Å². The van der Waals surface area contributed by atoms with E-state index >= 15 is 0 Å². The van der Waals surface area contributed by atoms with E-state index in [1.54, 1.807) is 0 Å². The zero-order valence-electron chi connectivity index (χ0n) is 8.90. The molecule has 0 bridgehead atoms. The maximum atomic E-state index is 4.69. The Morgan fingerprint density at radius 1 is 1.21 bits per heavy atom. The molecule has 0 unspecified atom stereocenters. The molecule has 0 atom stereocenters. The minimum absolute atomic E-state index is 0. The Balaban J connectivity index is 0. The molecule has 0 amide bonds. The van der Waals surface area contributed by atoms with Crippen LogP contribution in [0.2, 0.25) is 0 Å². The molecule has 0 fully saturated rings. The summed E-state index contributed by atoms with van der Waals surface area (Å²) in [5.41, 5.74) is 3.50. The van der Waals surface area contributed by atoms with Gasteiger partial charge < -0.3 is 0 Å².